The molecule has 2 aromatic rings. The van der Waals surface area contributed by atoms with E-state index in [-0.39, 0.29) is 30.7 Å². The summed E-state index contributed by atoms with van der Waals surface area (Å²) in [6, 6.07) is 13.1. The van der Waals surface area contributed by atoms with Crippen LogP contribution in [0.4, 0.5) is 5.69 Å². The maximum atomic E-state index is 12.1. The first-order valence-corrected chi connectivity index (χ1v) is 10.6. The second kappa shape index (κ2) is 10.2. The molecule has 7 heteroatoms. The Kier molecular flexibility index (Phi) is 7.41. The van der Waals surface area contributed by atoms with Crippen LogP contribution in [0.15, 0.2) is 53.0 Å². The summed E-state index contributed by atoms with van der Waals surface area (Å²) in [7, 11) is 0. The zero-order chi connectivity index (χ0) is 21.5. The lowest BCUT2D eigenvalue weighted by Gasteiger charge is -2.09. The number of rotatable bonds is 8. The fraction of sp³-hybridized carbons (Fsp3) is 0.261. The highest BCUT2D eigenvalue weighted by atomic mass is 79.9. The van der Waals surface area contributed by atoms with Crippen molar-refractivity contribution in [1.82, 2.24) is 10.6 Å². The minimum atomic E-state index is -0.281. The molecule has 1 fully saturated rings. The zero-order valence-corrected chi connectivity index (χ0v) is 18.3. The second-order valence-electron chi connectivity index (χ2n) is 7.25. The number of hydrogen-bond donors (Lipinski definition) is 3. The number of carbonyl (C=O) groups is 3. The minimum Gasteiger partial charge on any atom is -0.352 e. The zero-order valence-electron chi connectivity index (χ0n) is 16.7. The van der Waals surface area contributed by atoms with E-state index >= 15 is 0 Å². The number of amides is 3. The van der Waals surface area contributed by atoms with Crippen LogP contribution >= 0.6 is 15.9 Å². The average Bonchev–Trinajstić information content (AvgIpc) is 3.53. The van der Waals surface area contributed by atoms with Crippen LogP contribution in [0.5, 0.6) is 0 Å². The monoisotopic (exact) mass is 469 g/mol. The largest absolute Gasteiger partial charge is 0.352 e. The number of hydrogen-bond acceptors (Lipinski definition) is 3. The van der Waals surface area contributed by atoms with Crippen LogP contribution in [0.25, 0.3) is 6.08 Å². The van der Waals surface area contributed by atoms with Crippen LogP contribution in [0.3, 0.4) is 0 Å². The van der Waals surface area contributed by atoms with Crippen LogP contribution in [-0.4, -0.2) is 30.3 Å². The summed E-state index contributed by atoms with van der Waals surface area (Å²) in [5, 5.41) is 8.47. The van der Waals surface area contributed by atoms with Crippen molar-refractivity contribution in [1.29, 1.82) is 0 Å². The van der Waals surface area contributed by atoms with Gasteiger partial charge in [0.15, 0.2) is 0 Å². The fourth-order valence-electron chi connectivity index (χ4n) is 2.71. The summed E-state index contributed by atoms with van der Waals surface area (Å²) < 4.78 is 0.887. The van der Waals surface area contributed by atoms with Gasteiger partial charge in [0.2, 0.25) is 11.8 Å². The van der Waals surface area contributed by atoms with E-state index < -0.39 is 0 Å². The lowest BCUT2D eigenvalue weighted by atomic mass is 10.1. The third kappa shape index (κ3) is 6.84. The smallest absolute Gasteiger partial charge is 0.251 e. The van der Waals surface area contributed by atoms with Gasteiger partial charge in [-0.2, -0.15) is 0 Å². The van der Waals surface area contributed by atoms with Gasteiger partial charge in [-0.15, -0.1) is 0 Å². The van der Waals surface area contributed by atoms with Gasteiger partial charge in [0.05, 0.1) is 0 Å². The van der Waals surface area contributed by atoms with Gasteiger partial charge in [-0.05, 0) is 61.2 Å². The van der Waals surface area contributed by atoms with E-state index in [4.69, 9.17) is 0 Å². The lowest BCUT2D eigenvalue weighted by Crippen LogP contribution is -2.26. The van der Waals surface area contributed by atoms with Gasteiger partial charge in [-0.3, -0.25) is 14.4 Å². The predicted molar refractivity (Wildman–Crippen MR) is 121 cm³/mol. The first-order valence-electron chi connectivity index (χ1n) is 9.83. The maximum Gasteiger partial charge on any atom is 0.251 e. The Bertz CT molecular complexity index is 966. The van der Waals surface area contributed by atoms with Crippen LogP contribution in [0.1, 0.15) is 40.7 Å². The SMILES string of the molecule is Cc1ccc(Br)cc1NC(=O)CCNC(=O)/C=C/c1ccc(C(=O)NC2CC2)cc1. The van der Waals surface area contributed by atoms with Crippen molar-refractivity contribution in [3.8, 4) is 0 Å². The molecule has 3 rings (SSSR count). The van der Waals surface area contributed by atoms with E-state index in [1.54, 1.807) is 30.3 Å². The molecule has 0 atom stereocenters. The number of nitrogens with one attached hydrogen (secondary N) is 3. The number of halogens is 1. The average molecular weight is 470 g/mol. The van der Waals surface area contributed by atoms with E-state index in [0.29, 0.717) is 11.6 Å². The third-order valence-electron chi connectivity index (χ3n) is 4.64. The molecule has 0 spiro atoms. The highest BCUT2D eigenvalue weighted by molar-refractivity contribution is 9.10. The molecule has 0 saturated heterocycles. The molecule has 1 aliphatic carbocycles. The molecule has 1 aliphatic rings. The van der Waals surface area contributed by atoms with Crippen molar-refractivity contribution < 1.29 is 14.4 Å². The summed E-state index contributed by atoms with van der Waals surface area (Å²) in [6.45, 7) is 2.16. The molecule has 3 N–H and O–H groups in total. The second-order valence-corrected chi connectivity index (χ2v) is 8.17. The van der Waals surface area contributed by atoms with Gasteiger partial charge in [0.1, 0.15) is 0 Å². The van der Waals surface area contributed by atoms with Crippen molar-refractivity contribution in [3.05, 3.63) is 69.7 Å². The van der Waals surface area contributed by atoms with Crippen molar-refractivity contribution in [3.63, 3.8) is 0 Å². The van der Waals surface area contributed by atoms with Gasteiger partial charge in [-0.25, -0.2) is 0 Å². The number of anilines is 1. The van der Waals surface area contributed by atoms with E-state index in [2.05, 4.69) is 31.9 Å². The first kappa shape index (κ1) is 21.8. The van der Waals surface area contributed by atoms with Gasteiger partial charge in [-0.1, -0.05) is 34.1 Å². The number of benzene rings is 2. The third-order valence-corrected chi connectivity index (χ3v) is 5.13. The summed E-state index contributed by atoms with van der Waals surface area (Å²) in [5.41, 5.74) is 3.13. The Labute approximate surface area is 184 Å². The summed E-state index contributed by atoms with van der Waals surface area (Å²) in [4.78, 5) is 36.0. The normalized spacial score (nSPS) is 13.1. The van der Waals surface area contributed by atoms with Gasteiger partial charge in [0, 0.05) is 40.8 Å². The van der Waals surface area contributed by atoms with Gasteiger partial charge < -0.3 is 16.0 Å². The van der Waals surface area contributed by atoms with Crippen LogP contribution in [0, 0.1) is 6.92 Å². The highest BCUT2D eigenvalue weighted by Gasteiger charge is 2.23. The molecular formula is C23H24BrN3O3. The summed E-state index contributed by atoms with van der Waals surface area (Å²) in [6.07, 6.45) is 5.36. The molecule has 0 bridgehead atoms. The quantitative estimate of drug-likeness (QED) is 0.513. The van der Waals surface area contributed by atoms with Crippen molar-refractivity contribution in [2.24, 2.45) is 0 Å². The van der Waals surface area contributed by atoms with Crippen molar-refractivity contribution in [2.45, 2.75) is 32.2 Å². The molecule has 3 amide bonds. The highest BCUT2D eigenvalue weighted by Crippen LogP contribution is 2.21. The lowest BCUT2D eigenvalue weighted by molar-refractivity contribution is -0.117. The molecule has 30 heavy (non-hydrogen) atoms. The van der Waals surface area contributed by atoms with Crippen LogP contribution in [0.2, 0.25) is 0 Å². The molecular weight excluding hydrogens is 446 g/mol. The Morgan fingerprint density at radius 2 is 1.83 bits per heavy atom. The van der Waals surface area contributed by atoms with Crippen molar-refractivity contribution in [2.75, 3.05) is 11.9 Å². The Morgan fingerprint density at radius 3 is 2.53 bits per heavy atom. The molecule has 0 radical (unpaired) electrons. The first-order chi connectivity index (χ1) is 14.4. The Hall–Kier alpha value is -2.93. The molecule has 156 valence electrons. The van der Waals surface area contributed by atoms with Gasteiger partial charge >= 0.3 is 0 Å². The molecule has 0 aromatic heterocycles. The molecule has 0 aliphatic heterocycles. The summed E-state index contributed by atoms with van der Waals surface area (Å²) in [5.74, 6) is -0.514. The number of carbonyl (C=O) groups excluding carboxylic acids is 3. The number of aryl methyl sites for hydroxylation is 1. The van der Waals surface area contributed by atoms with Gasteiger partial charge in [0.25, 0.3) is 5.91 Å². The van der Waals surface area contributed by atoms with E-state index in [9.17, 15) is 14.4 Å². The Morgan fingerprint density at radius 1 is 1.10 bits per heavy atom. The van der Waals surface area contributed by atoms with Crippen LogP contribution in [-0.2, 0) is 9.59 Å². The molecule has 1 saturated carbocycles. The predicted octanol–water partition coefficient (Wildman–Crippen LogP) is 3.81. The van der Waals surface area contributed by atoms with Crippen molar-refractivity contribution >= 4 is 45.4 Å². The molecule has 2 aromatic carbocycles. The molecule has 0 unspecified atom stereocenters. The van der Waals surface area contributed by atoms with E-state index in [0.717, 1.165) is 34.1 Å². The van der Waals surface area contributed by atoms with Crippen LogP contribution < -0.4 is 16.0 Å². The summed E-state index contributed by atoms with van der Waals surface area (Å²) >= 11 is 3.38. The minimum absolute atomic E-state index is 0.0675. The Balaban J connectivity index is 1.40. The fourth-order valence-corrected chi connectivity index (χ4v) is 3.07. The molecule has 6 nitrogen and oxygen atoms in total. The molecule has 0 heterocycles. The maximum absolute atomic E-state index is 12.1. The topological polar surface area (TPSA) is 87.3 Å². The van der Waals surface area contributed by atoms with E-state index in [1.807, 2.05) is 25.1 Å². The standard InChI is InChI=1S/C23H24BrN3O3/c1-15-2-8-18(24)14-20(15)27-22(29)12-13-25-21(28)11-5-16-3-6-17(7-4-16)23(30)26-19-9-10-19/h2-8,11,14,19H,9-10,12-13H2,1H3,(H,25,28)(H,26,30)(H,27,29)/b11-5+. The van der Waals surface area contributed by atoms with E-state index in [1.165, 1.54) is 6.08 Å².